The molecule has 3 aromatic carbocycles. The summed E-state index contributed by atoms with van der Waals surface area (Å²) in [5, 5.41) is 17.8. The van der Waals surface area contributed by atoms with Crippen LogP contribution >= 0.6 is 0 Å². The largest absolute Gasteiger partial charge is 0.481 e. The van der Waals surface area contributed by atoms with E-state index in [1.165, 1.54) is 11.3 Å². The maximum atomic E-state index is 12.9. The van der Waals surface area contributed by atoms with E-state index >= 15 is 0 Å². The van der Waals surface area contributed by atoms with Crippen LogP contribution in [0.3, 0.4) is 0 Å². The minimum absolute atomic E-state index is 0.0200. The van der Waals surface area contributed by atoms with Gasteiger partial charge in [0, 0.05) is 79.4 Å². The first-order valence-corrected chi connectivity index (χ1v) is 20.1. The summed E-state index contributed by atoms with van der Waals surface area (Å²) in [6, 6.07) is 24.6. The van der Waals surface area contributed by atoms with Crippen molar-refractivity contribution < 1.29 is 23.6 Å². The van der Waals surface area contributed by atoms with Gasteiger partial charge in [0.15, 0.2) is 11.8 Å². The van der Waals surface area contributed by atoms with Gasteiger partial charge in [-0.15, -0.1) is 0 Å². The molecule has 2 fully saturated rings. The fourth-order valence-corrected chi connectivity index (χ4v) is 7.62. The van der Waals surface area contributed by atoms with Crippen LogP contribution < -0.4 is 20.3 Å². The molecule has 2 atom stereocenters. The van der Waals surface area contributed by atoms with E-state index in [9.17, 15) is 14.4 Å². The zero-order chi connectivity index (χ0) is 41.3. The number of anilines is 1. The van der Waals surface area contributed by atoms with Crippen molar-refractivity contribution in [1.82, 2.24) is 40.9 Å². The van der Waals surface area contributed by atoms with Crippen molar-refractivity contribution in [3.63, 3.8) is 0 Å². The molecule has 1 unspecified atom stereocenters. The topological polar surface area (TPSA) is 171 Å². The summed E-state index contributed by atoms with van der Waals surface area (Å²) in [5.41, 5.74) is 8.66. The molecule has 0 aliphatic carbocycles. The Labute approximate surface area is 342 Å². The Bertz CT molecular complexity index is 2480. The third kappa shape index (κ3) is 8.87. The lowest BCUT2D eigenvalue weighted by molar-refractivity contribution is -0.138. The lowest BCUT2D eigenvalue weighted by Gasteiger charge is -2.36. The van der Waals surface area contributed by atoms with Crippen molar-refractivity contribution in [3.8, 4) is 28.1 Å². The van der Waals surface area contributed by atoms with Gasteiger partial charge in [-0.2, -0.15) is 10.1 Å². The van der Waals surface area contributed by atoms with E-state index in [1.54, 1.807) is 0 Å². The molecule has 304 valence electrons. The molecule has 3 amide bonds. The minimum Gasteiger partial charge on any atom is -0.481 e. The highest BCUT2D eigenvalue weighted by atomic mass is 16.5. The molecule has 59 heavy (non-hydrogen) atoms. The third-order valence-electron chi connectivity index (χ3n) is 11.1. The molecular formula is C45H49N9O5. The zero-order valence-corrected chi connectivity index (χ0v) is 34.0. The number of benzene rings is 3. The van der Waals surface area contributed by atoms with Gasteiger partial charge in [0.25, 0.3) is 17.6 Å². The first-order chi connectivity index (χ1) is 28.4. The number of hydrogen-bond acceptors (Lipinski definition) is 11. The van der Waals surface area contributed by atoms with Crippen LogP contribution in [0.4, 0.5) is 5.69 Å². The molecule has 2 saturated heterocycles. The fraction of sp³-hybridized carbons (Fsp3) is 0.356. The third-order valence-corrected chi connectivity index (χ3v) is 11.1. The van der Waals surface area contributed by atoms with Crippen molar-refractivity contribution in [3.05, 3.63) is 107 Å². The van der Waals surface area contributed by atoms with Crippen molar-refractivity contribution in [1.29, 1.82) is 0 Å². The number of imide groups is 1. The van der Waals surface area contributed by atoms with Crippen LogP contribution in [0.15, 0.2) is 83.5 Å². The maximum absolute atomic E-state index is 12.9. The number of nitrogens with one attached hydrogen (secondary N) is 3. The van der Waals surface area contributed by atoms with Crippen molar-refractivity contribution in [2.45, 2.75) is 71.4 Å². The van der Waals surface area contributed by atoms with Gasteiger partial charge in [-0.05, 0) is 78.9 Å². The molecule has 14 nitrogen and oxygen atoms in total. The average Bonchev–Trinajstić information content (AvgIpc) is 3.91. The van der Waals surface area contributed by atoms with Crippen LogP contribution in [0.2, 0.25) is 0 Å². The first kappa shape index (κ1) is 39.4. The van der Waals surface area contributed by atoms with Crippen molar-refractivity contribution in [2.75, 3.05) is 37.6 Å². The van der Waals surface area contributed by atoms with Crippen LogP contribution in [-0.2, 0) is 21.4 Å². The molecule has 0 saturated carbocycles. The number of amides is 3. The standard InChI is InChI=1S/C45H49N9O5/c1-27-24-31(10-15-35(27)28(2)47-43(57)41-49-44(59-52-41)45(3,4)5)39-36-25-32(26-46-40(36)51-50-39)30-8-11-33(12-9-30)54-22-20-53(21-23-54)19-18-29-6-13-34(14-7-29)58-37-16-17-38(55)48-42(37)56/h6-15,24-26,28,37H,16-23H2,1-5H3,(H,47,57)(H,46,50,51)(H,48,55,56)/t28-,37?/m1/s1. The summed E-state index contributed by atoms with van der Waals surface area (Å²) < 4.78 is 11.1. The minimum atomic E-state index is -0.628. The number of H-pyrrole nitrogens is 1. The van der Waals surface area contributed by atoms with Gasteiger partial charge in [0.2, 0.25) is 11.8 Å². The Kier molecular flexibility index (Phi) is 11.0. The Morgan fingerprint density at radius 1 is 0.966 bits per heavy atom. The maximum Gasteiger partial charge on any atom is 0.293 e. The number of pyridine rings is 1. The predicted octanol–water partition coefficient (Wildman–Crippen LogP) is 6.32. The zero-order valence-electron chi connectivity index (χ0n) is 34.0. The molecule has 3 N–H and O–H groups in total. The monoisotopic (exact) mass is 795 g/mol. The smallest absolute Gasteiger partial charge is 0.293 e. The van der Waals surface area contributed by atoms with Crippen LogP contribution in [0, 0.1) is 6.92 Å². The SMILES string of the molecule is Cc1cc(-c2[nH]nc3ncc(-c4ccc(N5CCN(CCc6ccc(OC7CCC(=O)NC7=O)cc6)CC5)cc4)cc23)ccc1[C@@H](C)NC(=O)c1noc(C(C)(C)C)n1. The summed E-state index contributed by atoms with van der Waals surface area (Å²) in [5.74, 6) is 0.0674. The highest BCUT2D eigenvalue weighted by Gasteiger charge is 2.28. The van der Waals surface area contributed by atoms with Gasteiger partial charge in [-0.25, -0.2) is 4.98 Å². The Morgan fingerprint density at radius 3 is 2.41 bits per heavy atom. The fourth-order valence-electron chi connectivity index (χ4n) is 7.62. The normalized spacial score (nSPS) is 16.9. The average molecular weight is 796 g/mol. The molecule has 14 heteroatoms. The molecule has 0 spiro atoms. The summed E-state index contributed by atoms with van der Waals surface area (Å²) in [7, 11) is 0. The summed E-state index contributed by atoms with van der Waals surface area (Å²) in [6.45, 7) is 14.7. The second-order valence-electron chi connectivity index (χ2n) is 16.5. The number of aromatic nitrogens is 5. The van der Waals surface area contributed by atoms with Gasteiger partial charge in [-0.3, -0.25) is 29.7 Å². The molecule has 5 heterocycles. The number of aryl methyl sites for hydroxylation is 1. The molecule has 0 radical (unpaired) electrons. The lowest BCUT2D eigenvalue weighted by Crippen LogP contribution is -2.47. The van der Waals surface area contributed by atoms with Crippen molar-refractivity contribution in [2.24, 2.45) is 0 Å². The number of nitrogens with zero attached hydrogens (tertiary/aromatic N) is 6. The Balaban J connectivity index is 0.852. The van der Waals surface area contributed by atoms with Crippen LogP contribution in [-0.4, -0.2) is 86.8 Å². The number of rotatable bonds is 11. The molecule has 6 aromatic rings. The van der Waals surface area contributed by atoms with E-state index in [1.807, 2.05) is 77.2 Å². The van der Waals surface area contributed by atoms with Gasteiger partial charge >= 0.3 is 0 Å². The molecule has 8 rings (SSSR count). The molecular weight excluding hydrogens is 747 g/mol. The summed E-state index contributed by atoms with van der Waals surface area (Å²) in [4.78, 5) is 50.3. The number of piperidine rings is 1. The Hall–Kier alpha value is -6.41. The van der Waals surface area contributed by atoms with Gasteiger partial charge in [-0.1, -0.05) is 62.3 Å². The second kappa shape index (κ2) is 16.5. The van der Waals surface area contributed by atoms with Crippen molar-refractivity contribution >= 4 is 34.4 Å². The van der Waals surface area contributed by atoms with E-state index in [0.29, 0.717) is 30.1 Å². The molecule has 0 bridgehead atoms. The van der Waals surface area contributed by atoms with Crippen LogP contribution in [0.5, 0.6) is 5.75 Å². The number of aromatic amines is 1. The number of fused-ring (bicyclic) bond motifs is 1. The molecule has 2 aliphatic rings. The van der Waals surface area contributed by atoms with E-state index < -0.39 is 6.10 Å². The number of piperazine rings is 1. The van der Waals surface area contributed by atoms with Gasteiger partial charge in [0.05, 0.1) is 11.7 Å². The van der Waals surface area contributed by atoms with E-state index in [4.69, 9.17) is 9.26 Å². The van der Waals surface area contributed by atoms with Gasteiger partial charge in [0.1, 0.15) is 5.75 Å². The number of hydrogen-bond donors (Lipinski definition) is 3. The second-order valence-corrected chi connectivity index (χ2v) is 16.5. The van der Waals surface area contributed by atoms with Crippen LogP contribution in [0.1, 0.15) is 79.8 Å². The highest BCUT2D eigenvalue weighted by Crippen LogP contribution is 2.32. The van der Waals surface area contributed by atoms with Crippen LogP contribution in [0.25, 0.3) is 33.4 Å². The summed E-state index contributed by atoms with van der Waals surface area (Å²) >= 11 is 0. The predicted molar refractivity (Wildman–Crippen MR) is 224 cm³/mol. The number of carbonyl (C=O) groups excluding carboxylic acids is 3. The highest BCUT2D eigenvalue weighted by molar-refractivity contribution is 6.00. The summed E-state index contributed by atoms with van der Waals surface area (Å²) in [6.07, 6.45) is 2.86. The molecule has 3 aromatic heterocycles. The van der Waals surface area contributed by atoms with E-state index in [-0.39, 0.29) is 35.0 Å². The first-order valence-electron chi connectivity index (χ1n) is 20.1. The molecule has 2 aliphatic heterocycles. The van der Waals surface area contributed by atoms with E-state index in [2.05, 4.69) is 82.2 Å². The number of ether oxygens (including phenoxy) is 1. The van der Waals surface area contributed by atoms with Gasteiger partial charge < -0.3 is 19.5 Å². The quantitative estimate of drug-likeness (QED) is 0.125. The number of carbonyl (C=O) groups is 3. The van der Waals surface area contributed by atoms with E-state index in [0.717, 1.165) is 78.0 Å². The Morgan fingerprint density at radius 2 is 1.71 bits per heavy atom. The lowest BCUT2D eigenvalue weighted by atomic mass is 9.97.